The zero-order chi connectivity index (χ0) is 27.6. The molecule has 2 aromatic heterocycles. The summed E-state index contributed by atoms with van der Waals surface area (Å²) in [5, 5.41) is 9.89. The third kappa shape index (κ3) is 7.96. The highest BCUT2D eigenvalue weighted by Gasteiger charge is 2.28. The Balaban J connectivity index is 1.51. The normalized spacial score (nSPS) is 13.4. The molecule has 0 saturated heterocycles. The zero-order valence-electron chi connectivity index (χ0n) is 22.0. The molecule has 4 rings (SSSR count). The second-order valence-electron chi connectivity index (χ2n) is 9.11. The van der Waals surface area contributed by atoms with Gasteiger partial charge in [0.2, 0.25) is 12.7 Å². The number of fused-ring (bicyclic) bond motifs is 1. The molecule has 39 heavy (non-hydrogen) atoms. The van der Waals surface area contributed by atoms with Crippen molar-refractivity contribution in [3.05, 3.63) is 68.5 Å². The largest absolute Gasteiger partial charge is 0.469 e. The summed E-state index contributed by atoms with van der Waals surface area (Å²) in [6, 6.07) is 11.4. The first-order valence-corrected chi connectivity index (χ1v) is 14.6. The minimum atomic E-state index is -0.777. The molecular weight excluding hydrogens is 538 g/mol. The summed E-state index contributed by atoms with van der Waals surface area (Å²) in [7, 11) is 1.31. The Hall–Kier alpha value is -3.57. The van der Waals surface area contributed by atoms with Crippen LogP contribution in [0.4, 0.5) is 4.79 Å². The Morgan fingerprint density at radius 1 is 1.00 bits per heavy atom. The number of rotatable bonds is 13. The first kappa shape index (κ1) is 28.4. The Morgan fingerprint density at radius 2 is 1.69 bits per heavy atom. The lowest BCUT2D eigenvalue weighted by atomic mass is 10.0. The van der Waals surface area contributed by atoms with E-state index in [1.165, 1.54) is 7.11 Å². The molecule has 0 radical (unpaired) electrons. The Kier molecular flexibility index (Phi) is 10.2. The zero-order valence-corrected chi connectivity index (χ0v) is 23.6. The molecule has 9 nitrogen and oxygen atoms in total. The topological polar surface area (TPSA) is 106 Å². The maximum atomic E-state index is 13.6. The molecule has 2 atom stereocenters. The van der Waals surface area contributed by atoms with E-state index in [0.717, 1.165) is 22.6 Å². The van der Waals surface area contributed by atoms with E-state index >= 15 is 0 Å². The van der Waals surface area contributed by atoms with Gasteiger partial charge in [0.25, 0.3) is 0 Å². The number of nitrogens with zero attached hydrogens (tertiary/aromatic N) is 1. The Bertz CT molecular complexity index is 1200. The predicted octanol–water partition coefficient (Wildman–Crippen LogP) is 5.23. The molecule has 0 spiro atoms. The van der Waals surface area contributed by atoms with E-state index in [4.69, 9.17) is 14.2 Å². The van der Waals surface area contributed by atoms with Gasteiger partial charge in [-0.1, -0.05) is 38.0 Å². The van der Waals surface area contributed by atoms with Crippen LogP contribution >= 0.6 is 22.7 Å². The highest BCUT2D eigenvalue weighted by Crippen LogP contribution is 2.35. The lowest BCUT2D eigenvalue weighted by molar-refractivity contribution is -0.141. The van der Waals surface area contributed by atoms with E-state index < -0.39 is 18.1 Å². The average molecular weight is 572 g/mol. The molecule has 2 unspecified atom stereocenters. The predicted molar refractivity (Wildman–Crippen MR) is 150 cm³/mol. The average Bonchev–Trinajstić information content (AvgIpc) is 3.73. The van der Waals surface area contributed by atoms with Crippen LogP contribution in [0.2, 0.25) is 0 Å². The lowest BCUT2D eigenvalue weighted by Crippen LogP contribution is -2.51. The molecule has 3 aromatic rings. The molecule has 0 aliphatic carbocycles. The van der Waals surface area contributed by atoms with Gasteiger partial charge in [-0.25, -0.2) is 4.79 Å². The highest BCUT2D eigenvalue weighted by atomic mass is 32.1. The summed E-state index contributed by atoms with van der Waals surface area (Å²) in [4.78, 5) is 43.1. The van der Waals surface area contributed by atoms with Crippen molar-refractivity contribution in [3.8, 4) is 11.5 Å². The summed E-state index contributed by atoms with van der Waals surface area (Å²) >= 11 is 3.16. The first-order valence-electron chi connectivity index (χ1n) is 12.8. The number of thiophene rings is 2. The molecule has 1 aromatic carbocycles. The van der Waals surface area contributed by atoms with E-state index in [1.807, 2.05) is 41.9 Å². The Morgan fingerprint density at radius 3 is 2.31 bits per heavy atom. The SMILES string of the molecule is CCCCC(NC(=O)N(Cc1cccs1)Cc1cccs1)C(=O)NC(CC(=O)OC)c1ccc2c(c1)OCO2. The number of hydrogen-bond acceptors (Lipinski definition) is 8. The summed E-state index contributed by atoms with van der Waals surface area (Å²) in [6.45, 7) is 3.02. The number of amides is 3. The van der Waals surface area contributed by atoms with E-state index in [0.29, 0.717) is 36.6 Å². The van der Waals surface area contributed by atoms with Crippen LogP contribution in [-0.2, 0) is 27.4 Å². The number of carbonyl (C=O) groups is 3. The fourth-order valence-corrected chi connectivity index (χ4v) is 5.64. The summed E-state index contributed by atoms with van der Waals surface area (Å²) < 4.78 is 15.7. The molecular formula is C28H33N3O6S2. The molecule has 0 saturated carbocycles. The van der Waals surface area contributed by atoms with E-state index in [2.05, 4.69) is 10.6 Å². The number of esters is 1. The molecule has 0 fully saturated rings. The van der Waals surface area contributed by atoms with Crippen LogP contribution in [0.25, 0.3) is 0 Å². The molecule has 1 aliphatic heterocycles. The van der Waals surface area contributed by atoms with Crippen LogP contribution in [0.15, 0.2) is 53.2 Å². The van der Waals surface area contributed by atoms with Gasteiger partial charge in [-0.15, -0.1) is 22.7 Å². The fraction of sp³-hybridized carbons (Fsp3) is 0.393. The third-order valence-corrected chi connectivity index (χ3v) is 8.04. The van der Waals surface area contributed by atoms with Gasteiger partial charge in [-0.2, -0.15) is 0 Å². The van der Waals surface area contributed by atoms with Crippen LogP contribution in [0.3, 0.4) is 0 Å². The van der Waals surface area contributed by atoms with Crippen molar-refractivity contribution in [3.63, 3.8) is 0 Å². The molecule has 11 heteroatoms. The lowest BCUT2D eigenvalue weighted by Gasteiger charge is -2.27. The standard InChI is InChI=1S/C28H33N3O6S2/c1-3-4-9-22(30-28(34)31(16-20-7-5-12-38-20)17-21-8-6-13-39-21)27(33)29-23(15-26(32)35-2)19-10-11-24-25(14-19)37-18-36-24/h5-8,10-14,22-23H,3-4,9,15-18H2,1-2H3,(H,29,33)(H,30,34). The Labute approximate surface area is 236 Å². The second kappa shape index (κ2) is 14.0. The van der Waals surface area contributed by atoms with Crippen LogP contribution in [0.5, 0.6) is 11.5 Å². The van der Waals surface area contributed by atoms with Crippen LogP contribution in [-0.4, -0.2) is 42.8 Å². The molecule has 1 aliphatic rings. The van der Waals surface area contributed by atoms with Gasteiger partial charge in [0, 0.05) is 9.75 Å². The second-order valence-corrected chi connectivity index (χ2v) is 11.2. The number of nitrogens with one attached hydrogen (secondary N) is 2. The van der Waals surface area contributed by atoms with Crippen molar-refractivity contribution in [1.29, 1.82) is 0 Å². The number of ether oxygens (including phenoxy) is 3. The van der Waals surface area contributed by atoms with E-state index in [-0.39, 0.29) is 25.2 Å². The maximum Gasteiger partial charge on any atom is 0.318 e. The monoisotopic (exact) mass is 571 g/mol. The van der Waals surface area contributed by atoms with Gasteiger partial charge in [0.1, 0.15) is 6.04 Å². The van der Waals surface area contributed by atoms with Crippen molar-refractivity contribution in [2.45, 2.75) is 57.8 Å². The van der Waals surface area contributed by atoms with Crippen LogP contribution in [0.1, 0.15) is 54.0 Å². The smallest absolute Gasteiger partial charge is 0.318 e. The van der Waals surface area contributed by atoms with Crippen LogP contribution < -0.4 is 20.1 Å². The van der Waals surface area contributed by atoms with Crippen molar-refractivity contribution in [1.82, 2.24) is 15.5 Å². The van der Waals surface area contributed by atoms with Gasteiger partial charge in [0.05, 0.1) is 32.7 Å². The van der Waals surface area contributed by atoms with Crippen molar-refractivity contribution in [2.75, 3.05) is 13.9 Å². The highest BCUT2D eigenvalue weighted by molar-refractivity contribution is 7.10. The summed E-state index contributed by atoms with van der Waals surface area (Å²) in [6.07, 6.45) is 2.01. The van der Waals surface area contributed by atoms with Crippen molar-refractivity contribution >= 4 is 40.6 Å². The third-order valence-electron chi connectivity index (χ3n) is 6.32. The number of carbonyl (C=O) groups excluding carboxylic acids is 3. The molecule has 0 bridgehead atoms. The quantitative estimate of drug-likeness (QED) is 0.272. The molecule has 3 heterocycles. The van der Waals surface area contributed by atoms with E-state index in [1.54, 1.807) is 45.8 Å². The minimum Gasteiger partial charge on any atom is -0.469 e. The first-order chi connectivity index (χ1) is 19.0. The fourth-order valence-electron chi connectivity index (χ4n) is 4.20. The number of unbranched alkanes of at least 4 members (excludes halogenated alkanes) is 1. The number of methoxy groups -OCH3 is 1. The minimum absolute atomic E-state index is 0.0702. The number of hydrogen-bond donors (Lipinski definition) is 2. The van der Waals surface area contributed by atoms with Gasteiger partial charge < -0.3 is 29.7 Å². The molecule has 3 amide bonds. The summed E-state index contributed by atoms with van der Waals surface area (Å²) in [5.41, 5.74) is 0.676. The van der Waals surface area contributed by atoms with Gasteiger partial charge >= 0.3 is 12.0 Å². The van der Waals surface area contributed by atoms with Crippen molar-refractivity contribution < 1.29 is 28.6 Å². The van der Waals surface area contributed by atoms with Crippen LogP contribution in [0, 0.1) is 0 Å². The van der Waals surface area contributed by atoms with Gasteiger partial charge in [0.15, 0.2) is 11.5 Å². The number of benzene rings is 1. The molecule has 208 valence electrons. The van der Waals surface area contributed by atoms with E-state index in [9.17, 15) is 14.4 Å². The number of urea groups is 1. The maximum absolute atomic E-state index is 13.6. The van der Waals surface area contributed by atoms with Crippen molar-refractivity contribution in [2.24, 2.45) is 0 Å². The summed E-state index contributed by atoms with van der Waals surface area (Å²) in [5.74, 6) is 0.317. The molecule has 2 N–H and O–H groups in total. The van der Waals surface area contributed by atoms with Gasteiger partial charge in [-0.3, -0.25) is 9.59 Å². The van der Waals surface area contributed by atoms with Gasteiger partial charge in [-0.05, 0) is 47.0 Å².